The van der Waals surface area contributed by atoms with E-state index in [2.05, 4.69) is 22.0 Å². The lowest BCUT2D eigenvalue weighted by molar-refractivity contribution is -0.197. The minimum Gasteiger partial charge on any atom is -0.459 e. The molecule has 2 N–H and O–H groups in total. The first-order valence-electron chi connectivity index (χ1n) is 17.8. The van der Waals surface area contributed by atoms with Crippen LogP contribution < -0.4 is 5.32 Å². The molecule has 3 saturated heterocycles. The quantitative estimate of drug-likeness (QED) is 0.148. The van der Waals surface area contributed by atoms with Crippen LogP contribution in [0.15, 0.2) is 28.9 Å². The van der Waals surface area contributed by atoms with Crippen molar-refractivity contribution in [1.82, 2.24) is 10.3 Å². The van der Waals surface area contributed by atoms with Gasteiger partial charge in [0.05, 0.1) is 49.4 Å². The van der Waals surface area contributed by atoms with Crippen LogP contribution in [0.1, 0.15) is 108 Å². The molecule has 1 amide bonds. The first-order valence-corrected chi connectivity index (χ1v) is 17.8. The number of alkyl carbamates (subject to hydrolysis) is 1. The van der Waals surface area contributed by atoms with Gasteiger partial charge in [-0.15, -0.1) is 0 Å². The highest BCUT2D eigenvalue weighted by atomic mass is 16.6. The van der Waals surface area contributed by atoms with Gasteiger partial charge in [-0.3, -0.25) is 0 Å². The van der Waals surface area contributed by atoms with E-state index in [0.717, 1.165) is 63.5 Å². The fraction of sp³-hybridized carbons (Fsp3) is 0.750. The zero-order chi connectivity index (χ0) is 34.1. The van der Waals surface area contributed by atoms with Crippen LogP contribution in [0.5, 0.6) is 0 Å². The van der Waals surface area contributed by atoms with E-state index < -0.39 is 18.4 Å². The molecule has 4 bridgehead atoms. The van der Waals surface area contributed by atoms with Crippen molar-refractivity contribution in [2.75, 3.05) is 20.8 Å². The molecule has 0 saturated carbocycles. The number of esters is 1. The number of carbonyl (C=O) groups is 2. The van der Waals surface area contributed by atoms with Crippen molar-refractivity contribution in [2.45, 2.75) is 152 Å². The Morgan fingerprint density at radius 2 is 1.69 bits per heavy atom. The molecule has 48 heavy (non-hydrogen) atoms. The molecule has 3 aliphatic rings. The lowest BCUT2D eigenvalue weighted by Crippen LogP contribution is -2.43. The summed E-state index contributed by atoms with van der Waals surface area (Å²) in [5, 5.41) is 13.6. The SMILES string of the molecule is CCCCC[C@H]1C[C@@H]2CCC[C@@H](C[C@@H](OC)C[C@@H]3C[C@@H](OC(=O)/C=C\CCc4coc(/C=C\CNC(=O)OC)n4)C[C@H](CC(O)O1)O3)O2. The smallest absolute Gasteiger partial charge is 0.407 e. The van der Waals surface area contributed by atoms with Crippen molar-refractivity contribution in [2.24, 2.45) is 0 Å². The molecular formula is C36H56N2O10. The summed E-state index contributed by atoms with van der Waals surface area (Å²) in [6.45, 7) is 2.48. The number of oxazole rings is 1. The van der Waals surface area contributed by atoms with E-state index >= 15 is 0 Å². The zero-order valence-corrected chi connectivity index (χ0v) is 28.9. The Morgan fingerprint density at radius 1 is 0.958 bits per heavy atom. The van der Waals surface area contributed by atoms with E-state index in [1.165, 1.54) is 13.2 Å². The normalized spacial score (nSPS) is 30.2. The van der Waals surface area contributed by atoms with Crippen LogP contribution >= 0.6 is 0 Å². The molecule has 0 aromatic carbocycles. The maximum Gasteiger partial charge on any atom is 0.407 e. The number of aryl methyl sites for hydroxylation is 1. The number of aromatic nitrogens is 1. The highest BCUT2D eigenvalue weighted by Gasteiger charge is 2.36. The molecule has 8 atom stereocenters. The van der Waals surface area contributed by atoms with Gasteiger partial charge >= 0.3 is 12.1 Å². The molecule has 270 valence electrons. The first-order chi connectivity index (χ1) is 23.3. The molecule has 3 fully saturated rings. The van der Waals surface area contributed by atoms with Gasteiger partial charge < -0.3 is 43.3 Å². The van der Waals surface area contributed by atoms with Crippen LogP contribution in [0.2, 0.25) is 0 Å². The average molecular weight is 677 g/mol. The van der Waals surface area contributed by atoms with Gasteiger partial charge in [-0.05, 0) is 63.9 Å². The molecule has 1 unspecified atom stereocenters. The van der Waals surface area contributed by atoms with Crippen LogP contribution in [-0.2, 0) is 39.6 Å². The number of aliphatic hydroxyl groups is 1. The zero-order valence-electron chi connectivity index (χ0n) is 28.9. The number of nitrogens with zero attached hydrogens (tertiary/aromatic N) is 1. The van der Waals surface area contributed by atoms with Crippen molar-refractivity contribution < 1.29 is 47.5 Å². The fourth-order valence-corrected chi connectivity index (χ4v) is 6.83. The predicted molar refractivity (Wildman–Crippen MR) is 178 cm³/mol. The van der Waals surface area contributed by atoms with Crippen molar-refractivity contribution in [3.05, 3.63) is 36.1 Å². The molecule has 4 heterocycles. The molecule has 0 spiro atoms. The maximum atomic E-state index is 12.8. The Morgan fingerprint density at radius 3 is 2.46 bits per heavy atom. The molecular weight excluding hydrogens is 620 g/mol. The largest absolute Gasteiger partial charge is 0.459 e. The van der Waals surface area contributed by atoms with Gasteiger partial charge in [0.25, 0.3) is 0 Å². The van der Waals surface area contributed by atoms with Crippen LogP contribution in [-0.4, -0.2) is 91.9 Å². The average Bonchev–Trinajstić information content (AvgIpc) is 3.52. The Balaban J connectivity index is 1.31. The number of nitrogens with one attached hydrogen (secondary N) is 1. The summed E-state index contributed by atoms with van der Waals surface area (Å²) in [5.41, 5.74) is 0.749. The Bertz CT molecular complexity index is 1160. The van der Waals surface area contributed by atoms with Crippen molar-refractivity contribution in [3.63, 3.8) is 0 Å². The van der Waals surface area contributed by atoms with Crippen molar-refractivity contribution in [1.29, 1.82) is 0 Å². The van der Waals surface area contributed by atoms with Gasteiger partial charge in [-0.1, -0.05) is 38.3 Å². The summed E-state index contributed by atoms with van der Waals surface area (Å²) in [7, 11) is 3.04. The lowest BCUT2D eigenvalue weighted by Gasteiger charge is -2.39. The number of amides is 1. The summed E-state index contributed by atoms with van der Waals surface area (Å²) in [4.78, 5) is 28.3. The molecule has 12 heteroatoms. The second-order valence-electron chi connectivity index (χ2n) is 13.1. The van der Waals surface area contributed by atoms with Crippen molar-refractivity contribution in [3.8, 4) is 0 Å². The third-order valence-electron chi connectivity index (χ3n) is 9.21. The minimum absolute atomic E-state index is 0.0396. The number of allylic oxidation sites excluding steroid dienone is 1. The number of rotatable bonds is 13. The summed E-state index contributed by atoms with van der Waals surface area (Å²) in [6, 6.07) is 0. The number of ether oxygens (including phenoxy) is 6. The molecule has 0 radical (unpaired) electrons. The first kappa shape index (κ1) is 38.0. The number of fused-ring (bicyclic) bond motifs is 4. The van der Waals surface area contributed by atoms with Crippen LogP contribution in [0.3, 0.4) is 0 Å². The Labute approximate surface area is 284 Å². The monoisotopic (exact) mass is 676 g/mol. The van der Waals surface area contributed by atoms with Gasteiger partial charge in [0.15, 0.2) is 6.29 Å². The van der Waals surface area contributed by atoms with Crippen LogP contribution in [0.4, 0.5) is 4.79 Å². The van der Waals surface area contributed by atoms with Gasteiger partial charge in [0.2, 0.25) is 5.89 Å². The number of hydrogen-bond donors (Lipinski definition) is 2. The van der Waals surface area contributed by atoms with Crippen LogP contribution in [0, 0.1) is 0 Å². The van der Waals surface area contributed by atoms with Crippen LogP contribution in [0.25, 0.3) is 6.08 Å². The summed E-state index contributed by atoms with van der Waals surface area (Å²) < 4.78 is 41.0. The van der Waals surface area contributed by atoms with E-state index in [-0.39, 0.29) is 42.7 Å². The standard InChI is InChI=1S/C36H56N2O10/c1-4-5-6-12-28-18-26-13-9-14-27(45-26)19-29(42-2)20-30-21-31(22-32(46-30)23-35(40)47-28)48-34(39)16-8-7-11-25-24-44-33(38-25)15-10-17-37-36(41)43-3/h8,10,15-16,24,26-32,35,40H,4-7,9,11-14,17-23H2,1-3H3,(H,37,41)/b15-10-,16-8-/t26-,27-,28-,29+,30+,31+,32+,35?/m0/s1. The van der Waals surface area contributed by atoms with E-state index in [4.69, 9.17) is 28.1 Å². The molecule has 1 aromatic heterocycles. The van der Waals surface area contributed by atoms with E-state index in [1.54, 1.807) is 31.6 Å². The third kappa shape index (κ3) is 13.6. The number of hydrogen-bond acceptors (Lipinski definition) is 11. The summed E-state index contributed by atoms with van der Waals surface area (Å²) in [6.07, 6.45) is 18.1. The predicted octanol–water partition coefficient (Wildman–Crippen LogP) is 5.80. The number of methoxy groups -OCH3 is 2. The third-order valence-corrected chi connectivity index (χ3v) is 9.21. The summed E-state index contributed by atoms with van der Waals surface area (Å²) >= 11 is 0. The van der Waals surface area contributed by atoms with E-state index in [1.807, 2.05) is 0 Å². The Kier molecular flexibility index (Phi) is 16.4. The number of aliphatic hydroxyl groups excluding tert-OH is 1. The highest BCUT2D eigenvalue weighted by molar-refractivity contribution is 5.82. The maximum absolute atomic E-state index is 12.8. The molecule has 1 aromatic rings. The van der Waals surface area contributed by atoms with Gasteiger partial charge in [-0.25, -0.2) is 14.6 Å². The molecule has 4 rings (SSSR count). The summed E-state index contributed by atoms with van der Waals surface area (Å²) in [5.74, 6) is 0.0166. The second kappa shape index (κ2) is 20.7. The molecule has 12 nitrogen and oxygen atoms in total. The molecule has 0 aliphatic carbocycles. The van der Waals surface area contributed by atoms with Crippen molar-refractivity contribution >= 4 is 18.1 Å². The Hall–Kier alpha value is -2.77. The second-order valence-corrected chi connectivity index (χ2v) is 13.1. The van der Waals surface area contributed by atoms with Gasteiger partial charge in [-0.2, -0.15) is 0 Å². The van der Waals surface area contributed by atoms with Gasteiger partial charge in [0, 0.05) is 39.0 Å². The number of unbranched alkanes of at least 4 members (excludes halogenated alkanes) is 2. The lowest BCUT2D eigenvalue weighted by atomic mass is 9.91. The topological polar surface area (TPSA) is 148 Å². The number of carbonyl (C=O) groups excluding carboxylic acids is 2. The minimum atomic E-state index is -0.971. The van der Waals surface area contributed by atoms with E-state index in [0.29, 0.717) is 51.0 Å². The fourth-order valence-electron chi connectivity index (χ4n) is 6.83. The van der Waals surface area contributed by atoms with Gasteiger partial charge in [0.1, 0.15) is 12.4 Å². The highest BCUT2D eigenvalue weighted by Crippen LogP contribution is 2.33. The van der Waals surface area contributed by atoms with E-state index in [9.17, 15) is 14.7 Å². The molecule has 3 aliphatic heterocycles.